The Morgan fingerprint density at radius 2 is 1.78 bits per heavy atom. The number of rotatable bonds is 6. The van der Waals surface area contributed by atoms with Crippen LogP contribution in [0.5, 0.6) is 11.5 Å². The Labute approximate surface area is 190 Å². The van der Waals surface area contributed by atoms with Crippen LogP contribution in [0, 0.1) is 18.8 Å². The molecule has 0 spiro atoms. The van der Waals surface area contributed by atoms with Crippen LogP contribution in [-0.4, -0.2) is 31.7 Å². The van der Waals surface area contributed by atoms with Crippen LogP contribution in [0.2, 0.25) is 0 Å². The minimum Gasteiger partial charge on any atom is -0.469 e. The zero-order chi connectivity index (χ0) is 22.7. The van der Waals surface area contributed by atoms with Crippen LogP contribution in [-0.2, 0) is 20.9 Å². The second-order valence-corrected chi connectivity index (χ2v) is 9.29. The van der Waals surface area contributed by atoms with E-state index in [2.05, 4.69) is 10.6 Å². The molecular formula is C23H26N2O6S. The van der Waals surface area contributed by atoms with Gasteiger partial charge in [0.15, 0.2) is 11.5 Å². The van der Waals surface area contributed by atoms with Gasteiger partial charge in [-0.3, -0.25) is 14.4 Å². The highest BCUT2D eigenvalue weighted by Gasteiger charge is 2.31. The molecule has 2 heterocycles. The third-order valence-corrected chi connectivity index (χ3v) is 6.83. The van der Waals surface area contributed by atoms with Crippen molar-refractivity contribution in [2.75, 3.05) is 19.2 Å². The summed E-state index contributed by atoms with van der Waals surface area (Å²) in [6.45, 7) is 2.43. The van der Waals surface area contributed by atoms with Crippen molar-refractivity contribution >= 4 is 34.1 Å². The number of anilines is 1. The zero-order valence-corrected chi connectivity index (χ0v) is 18.9. The highest BCUT2D eigenvalue weighted by molar-refractivity contribution is 7.16. The number of nitrogens with one attached hydrogen (secondary N) is 2. The van der Waals surface area contributed by atoms with Crippen LogP contribution in [0.3, 0.4) is 0 Å². The van der Waals surface area contributed by atoms with E-state index in [1.807, 2.05) is 25.1 Å². The van der Waals surface area contributed by atoms with Crippen molar-refractivity contribution < 1.29 is 28.6 Å². The number of methoxy groups -OCH3 is 1. The number of amides is 2. The molecule has 1 saturated carbocycles. The summed E-state index contributed by atoms with van der Waals surface area (Å²) in [6.07, 6.45) is 2.53. The number of ether oxygens (including phenoxy) is 3. The molecule has 8 nitrogen and oxygen atoms in total. The summed E-state index contributed by atoms with van der Waals surface area (Å²) in [5, 5.41) is 6.39. The number of thiophene rings is 1. The molecule has 0 bridgehead atoms. The Hall–Kier alpha value is -3.07. The van der Waals surface area contributed by atoms with Gasteiger partial charge in [0.25, 0.3) is 5.91 Å². The van der Waals surface area contributed by atoms with Crippen molar-refractivity contribution in [2.24, 2.45) is 11.8 Å². The number of hydrogen-bond acceptors (Lipinski definition) is 7. The van der Waals surface area contributed by atoms with Crippen LogP contribution in [0.25, 0.3) is 0 Å². The standard InChI is InChI=1S/C23H26N2O6S/c1-13-9-17(21(27)24-11-14-3-8-18-19(10-14)31-12-30-18)22(32-13)25-20(26)15-4-6-16(7-5-15)23(28)29-2/h3,8-10,15-16H,4-7,11-12H2,1-2H3,(H,24,27)(H,25,26). The summed E-state index contributed by atoms with van der Waals surface area (Å²) in [5.41, 5.74) is 1.34. The number of esters is 1. The first-order valence-corrected chi connectivity index (χ1v) is 11.4. The third-order valence-electron chi connectivity index (χ3n) is 5.86. The molecule has 0 unspecified atom stereocenters. The smallest absolute Gasteiger partial charge is 0.308 e. The molecule has 2 aromatic rings. The number of carbonyl (C=O) groups is 3. The number of hydrogen-bond donors (Lipinski definition) is 2. The van der Waals surface area contributed by atoms with Gasteiger partial charge in [-0.15, -0.1) is 11.3 Å². The normalized spacial score (nSPS) is 19.3. The average Bonchev–Trinajstić information content (AvgIpc) is 3.42. The Balaban J connectivity index is 1.35. The summed E-state index contributed by atoms with van der Waals surface area (Å²) in [5.74, 6) is 0.474. The Morgan fingerprint density at radius 3 is 2.53 bits per heavy atom. The maximum Gasteiger partial charge on any atom is 0.308 e. The fourth-order valence-corrected chi connectivity index (χ4v) is 4.99. The third kappa shape index (κ3) is 4.88. The number of carbonyl (C=O) groups excluding carboxylic acids is 3. The highest BCUT2D eigenvalue weighted by Crippen LogP contribution is 2.34. The summed E-state index contributed by atoms with van der Waals surface area (Å²) in [6, 6.07) is 7.32. The first kappa shape index (κ1) is 22.1. The molecule has 0 atom stereocenters. The fraction of sp³-hybridized carbons (Fsp3) is 0.435. The maximum absolute atomic E-state index is 12.8. The lowest BCUT2D eigenvalue weighted by Gasteiger charge is -2.26. The van der Waals surface area contributed by atoms with Gasteiger partial charge in [-0.05, 0) is 56.4 Å². The molecule has 4 rings (SSSR count). The quantitative estimate of drug-likeness (QED) is 0.641. The molecule has 2 N–H and O–H groups in total. The molecule has 1 aliphatic heterocycles. The predicted octanol–water partition coefficient (Wildman–Crippen LogP) is 3.63. The fourth-order valence-electron chi connectivity index (χ4n) is 4.08. The summed E-state index contributed by atoms with van der Waals surface area (Å²) in [7, 11) is 1.39. The van der Waals surface area contributed by atoms with Gasteiger partial charge in [0.1, 0.15) is 5.00 Å². The lowest BCUT2D eigenvalue weighted by Crippen LogP contribution is -2.30. The van der Waals surface area contributed by atoms with Gasteiger partial charge in [0.05, 0.1) is 18.6 Å². The predicted molar refractivity (Wildman–Crippen MR) is 119 cm³/mol. The van der Waals surface area contributed by atoms with Gasteiger partial charge in [0, 0.05) is 17.3 Å². The van der Waals surface area contributed by atoms with Gasteiger partial charge in [-0.25, -0.2) is 0 Å². The van der Waals surface area contributed by atoms with E-state index in [-0.39, 0.29) is 36.4 Å². The lowest BCUT2D eigenvalue weighted by atomic mass is 9.81. The van der Waals surface area contributed by atoms with E-state index in [0.717, 1.165) is 10.4 Å². The first-order valence-electron chi connectivity index (χ1n) is 10.6. The maximum atomic E-state index is 12.8. The molecule has 1 aliphatic carbocycles. The molecule has 0 radical (unpaired) electrons. The minimum absolute atomic E-state index is 0.111. The van der Waals surface area contributed by atoms with Crippen LogP contribution in [0.4, 0.5) is 5.00 Å². The van der Waals surface area contributed by atoms with E-state index in [1.165, 1.54) is 18.4 Å². The summed E-state index contributed by atoms with van der Waals surface area (Å²) < 4.78 is 15.5. The zero-order valence-electron chi connectivity index (χ0n) is 18.1. The van der Waals surface area contributed by atoms with Crippen LogP contribution in [0.15, 0.2) is 24.3 Å². The van der Waals surface area contributed by atoms with Crippen molar-refractivity contribution in [3.05, 3.63) is 40.3 Å². The average molecular weight is 459 g/mol. The van der Waals surface area contributed by atoms with Gasteiger partial charge >= 0.3 is 5.97 Å². The van der Waals surface area contributed by atoms with E-state index < -0.39 is 0 Å². The molecule has 2 aliphatic rings. The number of aryl methyl sites for hydroxylation is 1. The van der Waals surface area contributed by atoms with Crippen molar-refractivity contribution in [1.29, 1.82) is 0 Å². The van der Waals surface area contributed by atoms with Crippen molar-refractivity contribution in [3.8, 4) is 11.5 Å². The first-order chi connectivity index (χ1) is 15.4. The van der Waals surface area contributed by atoms with Gasteiger partial charge < -0.3 is 24.8 Å². The van der Waals surface area contributed by atoms with Gasteiger partial charge in [-0.1, -0.05) is 6.07 Å². The van der Waals surface area contributed by atoms with Crippen molar-refractivity contribution in [2.45, 2.75) is 39.2 Å². The van der Waals surface area contributed by atoms with E-state index in [0.29, 0.717) is 54.3 Å². The van der Waals surface area contributed by atoms with Gasteiger partial charge in [-0.2, -0.15) is 0 Å². The van der Waals surface area contributed by atoms with Crippen LogP contribution in [0.1, 0.15) is 46.5 Å². The molecule has 9 heteroatoms. The highest BCUT2D eigenvalue weighted by atomic mass is 32.1. The molecule has 1 aromatic heterocycles. The molecule has 0 saturated heterocycles. The molecule has 1 fully saturated rings. The Kier molecular flexibility index (Phi) is 6.64. The Bertz CT molecular complexity index is 1030. The molecule has 170 valence electrons. The van der Waals surface area contributed by atoms with E-state index in [1.54, 1.807) is 6.07 Å². The monoisotopic (exact) mass is 458 g/mol. The molecule has 32 heavy (non-hydrogen) atoms. The lowest BCUT2D eigenvalue weighted by molar-refractivity contribution is -0.147. The molecule has 2 amide bonds. The second kappa shape index (κ2) is 9.60. The largest absolute Gasteiger partial charge is 0.469 e. The molecular weight excluding hydrogens is 432 g/mol. The Morgan fingerprint density at radius 1 is 1.06 bits per heavy atom. The van der Waals surface area contributed by atoms with E-state index in [4.69, 9.17) is 14.2 Å². The summed E-state index contributed by atoms with van der Waals surface area (Å²) >= 11 is 1.38. The SMILES string of the molecule is COC(=O)C1CCC(C(=O)Nc2sc(C)cc2C(=O)NCc2ccc3c(c2)OCO3)CC1. The number of benzene rings is 1. The van der Waals surface area contributed by atoms with Crippen LogP contribution >= 0.6 is 11.3 Å². The van der Waals surface area contributed by atoms with Gasteiger partial charge in [0.2, 0.25) is 12.7 Å². The topological polar surface area (TPSA) is 103 Å². The minimum atomic E-state index is -0.253. The summed E-state index contributed by atoms with van der Waals surface area (Å²) in [4.78, 5) is 38.3. The van der Waals surface area contributed by atoms with E-state index in [9.17, 15) is 14.4 Å². The second-order valence-electron chi connectivity index (χ2n) is 8.03. The molecule has 1 aromatic carbocycles. The number of fused-ring (bicyclic) bond motifs is 1. The van der Waals surface area contributed by atoms with Crippen LogP contribution < -0.4 is 20.1 Å². The van der Waals surface area contributed by atoms with Crippen molar-refractivity contribution in [1.82, 2.24) is 5.32 Å². The van der Waals surface area contributed by atoms with E-state index >= 15 is 0 Å². The van der Waals surface area contributed by atoms with Crippen molar-refractivity contribution in [3.63, 3.8) is 0 Å².